The van der Waals surface area contributed by atoms with Gasteiger partial charge in [-0.1, -0.05) is 0 Å². The van der Waals surface area contributed by atoms with Crippen LogP contribution < -0.4 is 5.32 Å². The van der Waals surface area contributed by atoms with Gasteiger partial charge in [-0.2, -0.15) is 0 Å². The van der Waals surface area contributed by atoms with Crippen LogP contribution in [-0.4, -0.2) is 73.2 Å². The summed E-state index contributed by atoms with van der Waals surface area (Å²) < 4.78 is 5.30. The van der Waals surface area contributed by atoms with Crippen LogP contribution in [0, 0.1) is 12.8 Å². The lowest BCUT2D eigenvalue weighted by Crippen LogP contribution is -2.41. The van der Waals surface area contributed by atoms with Gasteiger partial charge >= 0.3 is 0 Å². The lowest BCUT2D eigenvalue weighted by molar-refractivity contribution is -0.135. The number of amides is 1. The van der Waals surface area contributed by atoms with Crippen molar-refractivity contribution in [2.75, 3.05) is 57.8 Å². The molecule has 2 aliphatic rings. The molecule has 0 bridgehead atoms. The molecule has 1 aromatic heterocycles. The number of likely N-dealkylation sites (tertiary alicyclic amines) is 1. The molecule has 2 aliphatic heterocycles. The molecule has 24 heavy (non-hydrogen) atoms. The van der Waals surface area contributed by atoms with E-state index >= 15 is 0 Å². The summed E-state index contributed by atoms with van der Waals surface area (Å²) in [6, 6.07) is 4.08. The third-order valence-electron chi connectivity index (χ3n) is 4.86. The summed E-state index contributed by atoms with van der Waals surface area (Å²) in [7, 11) is 0. The smallest absolute Gasteiger partial charge is 0.224 e. The zero-order valence-corrected chi connectivity index (χ0v) is 14.5. The zero-order valence-electron chi connectivity index (χ0n) is 14.5. The highest BCUT2D eigenvalue weighted by Crippen LogP contribution is 2.17. The molecule has 0 aromatic carbocycles. The van der Waals surface area contributed by atoms with Crippen LogP contribution in [0.3, 0.4) is 0 Å². The molecule has 0 unspecified atom stereocenters. The van der Waals surface area contributed by atoms with Crippen molar-refractivity contribution in [3.05, 3.63) is 23.9 Å². The lowest BCUT2D eigenvalue weighted by Gasteiger charge is -2.27. The van der Waals surface area contributed by atoms with Gasteiger partial charge < -0.3 is 19.9 Å². The number of anilines is 1. The molecular weight excluding hydrogens is 304 g/mol. The maximum atomic E-state index is 12.2. The second-order valence-electron chi connectivity index (χ2n) is 6.80. The van der Waals surface area contributed by atoms with Gasteiger partial charge in [0.1, 0.15) is 5.82 Å². The number of morpholine rings is 1. The Morgan fingerprint density at radius 3 is 3.00 bits per heavy atom. The van der Waals surface area contributed by atoms with Gasteiger partial charge in [0, 0.05) is 45.3 Å². The predicted molar refractivity (Wildman–Crippen MR) is 94.0 cm³/mol. The van der Waals surface area contributed by atoms with Crippen molar-refractivity contribution in [3.8, 4) is 0 Å². The van der Waals surface area contributed by atoms with Gasteiger partial charge in [-0.05, 0) is 43.5 Å². The summed E-state index contributed by atoms with van der Waals surface area (Å²) >= 11 is 0. The zero-order chi connectivity index (χ0) is 16.8. The fourth-order valence-electron chi connectivity index (χ4n) is 3.39. The molecule has 0 radical (unpaired) electrons. The van der Waals surface area contributed by atoms with E-state index in [1.165, 1.54) is 12.0 Å². The Morgan fingerprint density at radius 2 is 2.21 bits per heavy atom. The average molecular weight is 332 g/mol. The molecule has 2 saturated heterocycles. The molecule has 3 rings (SSSR count). The van der Waals surface area contributed by atoms with Crippen molar-refractivity contribution < 1.29 is 9.53 Å². The first kappa shape index (κ1) is 17.2. The van der Waals surface area contributed by atoms with E-state index < -0.39 is 0 Å². The third-order valence-corrected chi connectivity index (χ3v) is 4.86. The Hall–Kier alpha value is -1.66. The molecule has 132 valence electrons. The first-order chi connectivity index (χ1) is 11.7. The SMILES string of the molecule is Cc1ccnc(NC[C@H]2CCN(CCC(=O)N3CCOCC3)C2)c1. The Bertz CT molecular complexity index is 546. The lowest BCUT2D eigenvalue weighted by atomic mass is 10.1. The molecule has 1 N–H and O–H groups in total. The number of nitrogens with zero attached hydrogens (tertiary/aromatic N) is 3. The van der Waals surface area contributed by atoms with Crippen LogP contribution >= 0.6 is 0 Å². The predicted octanol–water partition coefficient (Wildman–Crippen LogP) is 1.37. The van der Waals surface area contributed by atoms with E-state index in [1.807, 2.05) is 17.2 Å². The maximum absolute atomic E-state index is 12.2. The Morgan fingerprint density at radius 1 is 1.38 bits per heavy atom. The third kappa shape index (κ3) is 4.92. The van der Waals surface area contributed by atoms with E-state index in [1.54, 1.807) is 0 Å². The number of carbonyl (C=O) groups excluding carboxylic acids is 1. The molecule has 1 aromatic rings. The average Bonchev–Trinajstić information content (AvgIpc) is 3.07. The second kappa shape index (κ2) is 8.44. The molecule has 0 aliphatic carbocycles. The molecular formula is C18H28N4O2. The van der Waals surface area contributed by atoms with Crippen molar-refractivity contribution in [1.29, 1.82) is 0 Å². The summed E-state index contributed by atoms with van der Waals surface area (Å²) in [5, 5.41) is 3.44. The van der Waals surface area contributed by atoms with Crippen molar-refractivity contribution in [2.45, 2.75) is 19.8 Å². The van der Waals surface area contributed by atoms with Crippen molar-refractivity contribution in [2.24, 2.45) is 5.92 Å². The molecule has 6 heteroatoms. The first-order valence-electron chi connectivity index (χ1n) is 8.95. The van der Waals surface area contributed by atoms with Gasteiger partial charge in [-0.3, -0.25) is 4.79 Å². The summed E-state index contributed by atoms with van der Waals surface area (Å²) in [6.07, 6.45) is 3.65. The van der Waals surface area contributed by atoms with Crippen LogP contribution in [0.2, 0.25) is 0 Å². The minimum absolute atomic E-state index is 0.267. The van der Waals surface area contributed by atoms with E-state index in [4.69, 9.17) is 4.74 Å². The first-order valence-corrected chi connectivity index (χ1v) is 8.95. The van der Waals surface area contributed by atoms with E-state index in [9.17, 15) is 4.79 Å². The molecule has 0 saturated carbocycles. The number of nitrogens with one attached hydrogen (secondary N) is 1. The van der Waals surface area contributed by atoms with E-state index in [0.717, 1.165) is 45.1 Å². The number of carbonyl (C=O) groups is 1. The highest BCUT2D eigenvalue weighted by molar-refractivity contribution is 5.76. The Kier molecular flexibility index (Phi) is 6.04. The van der Waals surface area contributed by atoms with Crippen molar-refractivity contribution in [1.82, 2.24) is 14.8 Å². The van der Waals surface area contributed by atoms with Gasteiger partial charge in [0.25, 0.3) is 0 Å². The van der Waals surface area contributed by atoms with Crippen LogP contribution in [0.5, 0.6) is 0 Å². The maximum Gasteiger partial charge on any atom is 0.224 e. The number of rotatable bonds is 6. The molecule has 1 atom stereocenters. The number of hydrogen-bond donors (Lipinski definition) is 1. The molecule has 3 heterocycles. The van der Waals surface area contributed by atoms with Gasteiger partial charge in [0.15, 0.2) is 0 Å². The quantitative estimate of drug-likeness (QED) is 0.853. The molecule has 6 nitrogen and oxygen atoms in total. The summed E-state index contributed by atoms with van der Waals surface area (Å²) in [5.74, 6) is 1.85. The molecule has 0 spiro atoms. The minimum atomic E-state index is 0.267. The van der Waals surface area contributed by atoms with E-state index in [-0.39, 0.29) is 5.91 Å². The van der Waals surface area contributed by atoms with E-state index in [0.29, 0.717) is 25.6 Å². The largest absolute Gasteiger partial charge is 0.378 e. The summed E-state index contributed by atoms with van der Waals surface area (Å²) in [4.78, 5) is 20.9. The number of aromatic nitrogens is 1. The highest BCUT2D eigenvalue weighted by atomic mass is 16.5. The highest BCUT2D eigenvalue weighted by Gasteiger charge is 2.24. The van der Waals surface area contributed by atoms with Crippen molar-refractivity contribution in [3.63, 3.8) is 0 Å². The Balaban J connectivity index is 1.35. The number of hydrogen-bond acceptors (Lipinski definition) is 5. The van der Waals surface area contributed by atoms with Crippen LogP contribution in [-0.2, 0) is 9.53 Å². The minimum Gasteiger partial charge on any atom is -0.378 e. The summed E-state index contributed by atoms with van der Waals surface area (Å²) in [6.45, 7) is 8.89. The van der Waals surface area contributed by atoms with Gasteiger partial charge in [-0.25, -0.2) is 4.98 Å². The van der Waals surface area contributed by atoms with Gasteiger partial charge in [0.2, 0.25) is 5.91 Å². The van der Waals surface area contributed by atoms with Crippen LogP contribution in [0.4, 0.5) is 5.82 Å². The van der Waals surface area contributed by atoms with Gasteiger partial charge in [0.05, 0.1) is 13.2 Å². The van der Waals surface area contributed by atoms with Crippen LogP contribution in [0.15, 0.2) is 18.3 Å². The monoisotopic (exact) mass is 332 g/mol. The topological polar surface area (TPSA) is 57.7 Å². The number of aryl methyl sites for hydroxylation is 1. The van der Waals surface area contributed by atoms with Crippen molar-refractivity contribution >= 4 is 11.7 Å². The summed E-state index contributed by atoms with van der Waals surface area (Å²) in [5.41, 5.74) is 1.22. The van der Waals surface area contributed by atoms with E-state index in [2.05, 4.69) is 28.2 Å². The molecule has 1 amide bonds. The fraction of sp³-hybridized carbons (Fsp3) is 0.667. The Labute approximate surface area is 144 Å². The van der Waals surface area contributed by atoms with Crippen LogP contribution in [0.25, 0.3) is 0 Å². The van der Waals surface area contributed by atoms with Gasteiger partial charge in [-0.15, -0.1) is 0 Å². The second-order valence-corrected chi connectivity index (χ2v) is 6.80. The number of pyridine rings is 1. The number of ether oxygens (including phenoxy) is 1. The standard InChI is InChI=1S/C18H28N4O2/c1-15-2-5-19-17(12-15)20-13-16-3-6-21(14-16)7-4-18(23)22-8-10-24-11-9-22/h2,5,12,16H,3-4,6-11,13-14H2,1H3,(H,19,20)/t16-/m1/s1. The molecule has 2 fully saturated rings. The normalized spacial score (nSPS) is 21.9. The van der Waals surface area contributed by atoms with Crippen LogP contribution in [0.1, 0.15) is 18.4 Å². The fourth-order valence-corrected chi connectivity index (χ4v) is 3.39.